The summed E-state index contributed by atoms with van der Waals surface area (Å²) in [5.74, 6) is -0.604. The number of carboxylic acid groups (broad SMARTS) is 1. The molecule has 0 saturated carbocycles. The lowest BCUT2D eigenvalue weighted by molar-refractivity contribution is -0.132. The van der Waals surface area contributed by atoms with E-state index in [1.54, 1.807) is 18.2 Å². The third-order valence-corrected chi connectivity index (χ3v) is 2.56. The molecular formula is C12H10ClNO4. The summed E-state index contributed by atoms with van der Waals surface area (Å²) in [6.45, 7) is 0. The molecule has 18 heavy (non-hydrogen) atoms. The van der Waals surface area contributed by atoms with Gasteiger partial charge in [0.2, 0.25) is 0 Å². The molecule has 94 valence electrons. The molecule has 1 aromatic rings. The largest absolute Gasteiger partial charge is 0.493 e. The summed E-state index contributed by atoms with van der Waals surface area (Å²) in [7, 11) is 2.88. The Balaban J connectivity index is 3.37. The number of ether oxygens (including phenoxy) is 2. The van der Waals surface area contributed by atoms with Crippen molar-refractivity contribution in [3.8, 4) is 17.6 Å². The summed E-state index contributed by atoms with van der Waals surface area (Å²) in [5.41, 5.74) is -0.0441. The molecule has 0 bridgehead atoms. The molecule has 1 aromatic carbocycles. The first-order valence-electron chi connectivity index (χ1n) is 4.80. The van der Waals surface area contributed by atoms with Crippen LogP contribution in [0.3, 0.4) is 0 Å². The van der Waals surface area contributed by atoms with E-state index in [1.807, 2.05) is 0 Å². The van der Waals surface area contributed by atoms with Crippen LogP contribution in [0.1, 0.15) is 5.56 Å². The van der Waals surface area contributed by atoms with Gasteiger partial charge in [0.15, 0.2) is 11.5 Å². The van der Waals surface area contributed by atoms with Crippen LogP contribution in [-0.4, -0.2) is 25.3 Å². The summed E-state index contributed by atoms with van der Waals surface area (Å²) in [5, 5.41) is 17.6. The maximum absolute atomic E-state index is 10.7. The monoisotopic (exact) mass is 267 g/mol. The number of carboxylic acids is 1. The summed E-state index contributed by atoms with van der Waals surface area (Å²) in [4.78, 5) is 10.7. The highest BCUT2D eigenvalue weighted by Crippen LogP contribution is 2.38. The van der Waals surface area contributed by atoms with E-state index in [4.69, 9.17) is 31.4 Å². The Morgan fingerprint density at radius 2 is 2.11 bits per heavy atom. The van der Waals surface area contributed by atoms with Gasteiger partial charge >= 0.3 is 5.97 Å². The number of hydrogen-bond acceptors (Lipinski definition) is 4. The molecule has 0 aliphatic heterocycles. The number of carbonyl (C=O) groups is 1. The maximum atomic E-state index is 10.7. The van der Waals surface area contributed by atoms with Crippen LogP contribution in [0.15, 0.2) is 17.7 Å². The molecular weight excluding hydrogens is 258 g/mol. The van der Waals surface area contributed by atoms with Gasteiger partial charge in [-0.05, 0) is 23.8 Å². The van der Waals surface area contributed by atoms with Crippen molar-refractivity contribution in [2.75, 3.05) is 14.2 Å². The quantitative estimate of drug-likeness (QED) is 0.669. The Bertz CT molecular complexity index is 546. The van der Waals surface area contributed by atoms with E-state index in [9.17, 15) is 4.79 Å². The molecule has 5 nitrogen and oxygen atoms in total. The van der Waals surface area contributed by atoms with Crippen LogP contribution in [0.5, 0.6) is 11.5 Å². The molecule has 0 aliphatic rings. The van der Waals surface area contributed by atoms with Crippen molar-refractivity contribution in [2.45, 2.75) is 0 Å². The minimum atomic E-state index is -1.32. The van der Waals surface area contributed by atoms with Gasteiger partial charge in [0.05, 0.1) is 19.2 Å². The summed E-state index contributed by atoms with van der Waals surface area (Å²) >= 11 is 6.05. The van der Waals surface area contributed by atoms with Crippen LogP contribution in [0.2, 0.25) is 5.02 Å². The number of halogens is 1. The second-order valence-electron chi connectivity index (χ2n) is 3.18. The Labute approximate surface area is 109 Å². The second kappa shape index (κ2) is 5.94. The van der Waals surface area contributed by atoms with Crippen molar-refractivity contribution >= 4 is 23.6 Å². The van der Waals surface area contributed by atoms with Gasteiger partial charge in [-0.1, -0.05) is 11.6 Å². The number of nitrogens with zero attached hydrogens (tertiary/aromatic N) is 1. The number of hydrogen-bond donors (Lipinski definition) is 1. The third-order valence-electron chi connectivity index (χ3n) is 2.17. The Kier molecular flexibility index (Phi) is 4.58. The van der Waals surface area contributed by atoms with E-state index < -0.39 is 11.5 Å². The lowest BCUT2D eigenvalue weighted by atomic mass is 10.1. The molecule has 1 N–H and O–H groups in total. The van der Waals surface area contributed by atoms with Crippen LogP contribution in [0, 0.1) is 11.3 Å². The average Bonchev–Trinajstić information content (AvgIpc) is 2.36. The molecule has 0 radical (unpaired) electrons. The van der Waals surface area contributed by atoms with Gasteiger partial charge in [-0.15, -0.1) is 0 Å². The van der Waals surface area contributed by atoms with E-state index in [2.05, 4.69) is 0 Å². The fraction of sp³-hybridized carbons (Fsp3) is 0.167. The van der Waals surface area contributed by atoms with Crippen molar-refractivity contribution in [3.05, 3.63) is 28.3 Å². The first-order valence-corrected chi connectivity index (χ1v) is 5.18. The zero-order valence-electron chi connectivity index (χ0n) is 9.73. The van der Waals surface area contributed by atoms with Gasteiger partial charge in [0.25, 0.3) is 0 Å². The molecule has 0 aliphatic carbocycles. The van der Waals surface area contributed by atoms with Crippen LogP contribution in [0.25, 0.3) is 6.08 Å². The highest BCUT2D eigenvalue weighted by atomic mass is 35.5. The molecule has 0 saturated heterocycles. The summed E-state index contributed by atoms with van der Waals surface area (Å²) in [6, 6.07) is 4.70. The lowest BCUT2D eigenvalue weighted by Gasteiger charge is -2.10. The molecule has 0 aromatic heterocycles. The molecule has 0 unspecified atom stereocenters. The topological polar surface area (TPSA) is 79.5 Å². The van der Waals surface area contributed by atoms with Gasteiger partial charge in [0, 0.05) is 0 Å². The van der Waals surface area contributed by atoms with E-state index >= 15 is 0 Å². The predicted octanol–water partition coefficient (Wildman–Crippen LogP) is 2.35. The zero-order valence-corrected chi connectivity index (χ0v) is 10.5. The molecule has 0 amide bonds. The van der Waals surface area contributed by atoms with Crippen LogP contribution < -0.4 is 9.47 Å². The number of rotatable bonds is 4. The molecule has 1 rings (SSSR count). The smallest absolute Gasteiger partial charge is 0.346 e. The first kappa shape index (κ1) is 13.9. The van der Waals surface area contributed by atoms with E-state index in [-0.39, 0.29) is 10.8 Å². The van der Waals surface area contributed by atoms with Gasteiger partial charge in [0.1, 0.15) is 11.6 Å². The Hall–Kier alpha value is -2.19. The molecule has 0 atom stereocenters. The molecule has 6 heteroatoms. The Morgan fingerprint density at radius 1 is 1.44 bits per heavy atom. The number of aliphatic carboxylic acids is 1. The number of nitriles is 1. The standard InChI is InChI=1S/C12H10ClNO4/c1-17-9-4-3-7(10(13)11(9)18-2)5-8(6-14)12(15)16/h3-5H,1-2H3,(H,15,16)/b8-5+. The average molecular weight is 268 g/mol. The zero-order chi connectivity index (χ0) is 13.7. The van der Waals surface area contributed by atoms with Crippen molar-refractivity contribution in [1.29, 1.82) is 5.26 Å². The maximum Gasteiger partial charge on any atom is 0.346 e. The van der Waals surface area contributed by atoms with Crippen LogP contribution in [-0.2, 0) is 4.79 Å². The molecule has 0 fully saturated rings. The normalized spacial score (nSPS) is 10.7. The minimum Gasteiger partial charge on any atom is -0.493 e. The molecule has 0 heterocycles. The Morgan fingerprint density at radius 3 is 2.56 bits per heavy atom. The minimum absolute atomic E-state index is 0.186. The number of benzene rings is 1. The second-order valence-corrected chi connectivity index (χ2v) is 3.56. The van der Waals surface area contributed by atoms with E-state index in [1.165, 1.54) is 20.3 Å². The fourth-order valence-electron chi connectivity index (χ4n) is 1.31. The molecule has 0 spiro atoms. The SMILES string of the molecule is COc1ccc(/C=C(\C#N)C(=O)O)c(Cl)c1OC. The van der Waals surface area contributed by atoms with Gasteiger partial charge < -0.3 is 14.6 Å². The third kappa shape index (κ3) is 2.73. The van der Waals surface area contributed by atoms with Crippen molar-refractivity contribution in [3.63, 3.8) is 0 Å². The van der Waals surface area contributed by atoms with Crippen LogP contribution in [0.4, 0.5) is 0 Å². The van der Waals surface area contributed by atoms with E-state index in [0.717, 1.165) is 0 Å². The van der Waals surface area contributed by atoms with Gasteiger partial charge in [-0.25, -0.2) is 4.79 Å². The predicted molar refractivity (Wildman–Crippen MR) is 65.8 cm³/mol. The fourth-order valence-corrected chi connectivity index (χ4v) is 1.60. The number of methoxy groups -OCH3 is 2. The lowest BCUT2D eigenvalue weighted by Crippen LogP contribution is -1.98. The highest BCUT2D eigenvalue weighted by molar-refractivity contribution is 6.34. The van der Waals surface area contributed by atoms with Crippen molar-refractivity contribution < 1.29 is 19.4 Å². The van der Waals surface area contributed by atoms with Gasteiger partial charge in [-0.2, -0.15) is 5.26 Å². The van der Waals surface area contributed by atoms with Gasteiger partial charge in [-0.3, -0.25) is 0 Å². The summed E-state index contributed by atoms with van der Waals surface area (Å²) < 4.78 is 10.1. The van der Waals surface area contributed by atoms with E-state index in [0.29, 0.717) is 11.3 Å². The van der Waals surface area contributed by atoms with Crippen molar-refractivity contribution in [1.82, 2.24) is 0 Å². The van der Waals surface area contributed by atoms with Crippen molar-refractivity contribution in [2.24, 2.45) is 0 Å². The first-order chi connectivity index (χ1) is 8.54. The highest BCUT2D eigenvalue weighted by Gasteiger charge is 2.14. The van der Waals surface area contributed by atoms with Crippen LogP contribution >= 0.6 is 11.6 Å². The summed E-state index contributed by atoms with van der Waals surface area (Å²) in [6.07, 6.45) is 1.17.